The summed E-state index contributed by atoms with van der Waals surface area (Å²) in [6, 6.07) is 5.92. The van der Waals surface area contributed by atoms with Crippen LogP contribution in [0.15, 0.2) is 18.2 Å². The molecule has 0 radical (unpaired) electrons. The highest BCUT2D eigenvalue weighted by molar-refractivity contribution is 5.35. The summed E-state index contributed by atoms with van der Waals surface area (Å²) in [6.07, 6.45) is 2.41. The van der Waals surface area contributed by atoms with E-state index in [-0.39, 0.29) is 0 Å². The van der Waals surface area contributed by atoms with Crippen molar-refractivity contribution in [3.05, 3.63) is 29.3 Å². The molecule has 0 aromatic heterocycles. The largest absolute Gasteiger partial charge is 0.508 e. The number of aromatic hydroxyl groups is 1. The molecule has 76 valence electrons. The van der Waals surface area contributed by atoms with Crippen LogP contribution in [0.25, 0.3) is 0 Å². The molecule has 2 N–H and O–H groups in total. The number of phenols is 1. The van der Waals surface area contributed by atoms with Gasteiger partial charge in [-0.05, 0) is 56.0 Å². The van der Waals surface area contributed by atoms with Gasteiger partial charge in [0.15, 0.2) is 0 Å². The first-order chi connectivity index (χ1) is 6.75. The summed E-state index contributed by atoms with van der Waals surface area (Å²) >= 11 is 0. The Morgan fingerprint density at radius 2 is 2.36 bits per heavy atom. The lowest BCUT2D eigenvalue weighted by Gasteiger charge is -2.09. The Labute approximate surface area is 85.0 Å². The van der Waals surface area contributed by atoms with Crippen LogP contribution in [0.3, 0.4) is 0 Å². The van der Waals surface area contributed by atoms with Crippen molar-refractivity contribution in [1.82, 2.24) is 5.32 Å². The fourth-order valence-corrected chi connectivity index (χ4v) is 2.07. The van der Waals surface area contributed by atoms with Crippen LogP contribution in [-0.2, 0) is 6.42 Å². The van der Waals surface area contributed by atoms with Crippen molar-refractivity contribution in [1.29, 1.82) is 0 Å². The van der Waals surface area contributed by atoms with Crippen molar-refractivity contribution in [2.24, 2.45) is 5.92 Å². The summed E-state index contributed by atoms with van der Waals surface area (Å²) in [5.74, 6) is 1.18. The molecule has 1 aromatic rings. The molecule has 0 bridgehead atoms. The summed E-state index contributed by atoms with van der Waals surface area (Å²) in [5, 5.41) is 12.8. The molecular formula is C12H17NO. The van der Waals surface area contributed by atoms with Gasteiger partial charge in [-0.2, -0.15) is 0 Å². The minimum atomic E-state index is 0.401. The summed E-state index contributed by atoms with van der Waals surface area (Å²) in [4.78, 5) is 0. The smallest absolute Gasteiger partial charge is 0.118 e. The van der Waals surface area contributed by atoms with E-state index >= 15 is 0 Å². The maximum atomic E-state index is 9.39. The SMILES string of the molecule is Cc1cc(CC2CCNC2)ccc1O. The lowest BCUT2D eigenvalue weighted by molar-refractivity contribution is 0.470. The first-order valence-electron chi connectivity index (χ1n) is 5.25. The molecule has 1 heterocycles. The third-order valence-electron chi connectivity index (χ3n) is 2.95. The second kappa shape index (κ2) is 4.01. The molecule has 1 saturated heterocycles. The average molecular weight is 191 g/mol. The molecule has 1 aromatic carbocycles. The Balaban J connectivity index is 2.05. The van der Waals surface area contributed by atoms with Crippen LogP contribution in [0.1, 0.15) is 17.5 Å². The van der Waals surface area contributed by atoms with Gasteiger partial charge < -0.3 is 10.4 Å². The second-order valence-electron chi connectivity index (χ2n) is 4.18. The van der Waals surface area contributed by atoms with Gasteiger partial charge in [-0.25, -0.2) is 0 Å². The van der Waals surface area contributed by atoms with Gasteiger partial charge >= 0.3 is 0 Å². The van der Waals surface area contributed by atoms with E-state index in [0.29, 0.717) is 5.75 Å². The molecule has 1 atom stereocenters. The normalized spacial score (nSPS) is 21.4. The fourth-order valence-electron chi connectivity index (χ4n) is 2.07. The number of phenolic OH excluding ortho intramolecular Hbond substituents is 1. The summed E-state index contributed by atoms with van der Waals surface area (Å²) in [5.41, 5.74) is 2.32. The van der Waals surface area contributed by atoms with Gasteiger partial charge in [0.05, 0.1) is 0 Å². The number of hydrogen-bond acceptors (Lipinski definition) is 2. The molecule has 2 rings (SSSR count). The molecule has 1 unspecified atom stereocenters. The highest BCUT2D eigenvalue weighted by Gasteiger charge is 2.14. The molecule has 14 heavy (non-hydrogen) atoms. The van der Waals surface area contributed by atoms with Crippen molar-refractivity contribution >= 4 is 0 Å². The van der Waals surface area contributed by atoms with Crippen molar-refractivity contribution in [3.63, 3.8) is 0 Å². The van der Waals surface area contributed by atoms with Crippen LogP contribution in [-0.4, -0.2) is 18.2 Å². The zero-order valence-electron chi connectivity index (χ0n) is 8.59. The summed E-state index contributed by atoms with van der Waals surface area (Å²) in [6.45, 7) is 4.24. The van der Waals surface area contributed by atoms with Crippen molar-refractivity contribution in [2.45, 2.75) is 19.8 Å². The van der Waals surface area contributed by atoms with E-state index in [1.54, 1.807) is 6.07 Å². The van der Waals surface area contributed by atoms with E-state index in [1.165, 1.54) is 12.0 Å². The molecule has 1 aliphatic rings. The zero-order chi connectivity index (χ0) is 9.97. The van der Waals surface area contributed by atoms with Gasteiger partial charge in [0, 0.05) is 0 Å². The molecule has 2 heteroatoms. The zero-order valence-corrected chi connectivity index (χ0v) is 8.59. The molecule has 0 aliphatic carbocycles. The van der Waals surface area contributed by atoms with Crippen LogP contribution < -0.4 is 5.32 Å². The Morgan fingerprint density at radius 1 is 1.50 bits per heavy atom. The van der Waals surface area contributed by atoms with Gasteiger partial charge in [0.2, 0.25) is 0 Å². The van der Waals surface area contributed by atoms with Crippen LogP contribution in [0.2, 0.25) is 0 Å². The highest BCUT2D eigenvalue weighted by atomic mass is 16.3. The van der Waals surface area contributed by atoms with Crippen LogP contribution in [0.4, 0.5) is 0 Å². The number of nitrogens with one attached hydrogen (secondary N) is 1. The Hall–Kier alpha value is -1.02. The average Bonchev–Trinajstić information content (AvgIpc) is 2.64. The van der Waals surface area contributed by atoms with Crippen LogP contribution in [0, 0.1) is 12.8 Å². The first kappa shape index (κ1) is 9.53. The minimum absolute atomic E-state index is 0.401. The quantitative estimate of drug-likeness (QED) is 0.747. The van der Waals surface area contributed by atoms with Gasteiger partial charge in [0.1, 0.15) is 5.75 Å². The summed E-state index contributed by atoms with van der Waals surface area (Å²) < 4.78 is 0. The topological polar surface area (TPSA) is 32.3 Å². The van der Waals surface area contributed by atoms with E-state index in [0.717, 1.165) is 31.0 Å². The van der Waals surface area contributed by atoms with Crippen molar-refractivity contribution in [3.8, 4) is 5.75 Å². The first-order valence-corrected chi connectivity index (χ1v) is 5.25. The van der Waals surface area contributed by atoms with Gasteiger partial charge in [-0.15, -0.1) is 0 Å². The Morgan fingerprint density at radius 3 is 3.00 bits per heavy atom. The lowest BCUT2D eigenvalue weighted by Crippen LogP contribution is -2.10. The van der Waals surface area contributed by atoms with E-state index in [9.17, 15) is 5.11 Å². The third kappa shape index (κ3) is 2.07. The standard InChI is InChI=1S/C12H17NO/c1-9-6-10(2-3-12(9)14)7-11-4-5-13-8-11/h2-3,6,11,13-14H,4-5,7-8H2,1H3. The predicted octanol–water partition coefficient (Wildman–Crippen LogP) is 1.85. The van der Waals surface area contributed by atoms with Crippen molar-refractivity contribution in [2.75, 3.05) is 13.1 Å². The van der Waals surface area contributed by atoms with E-state index < -0.39 is 0 Å². The minimum Gasteiger partial charge on any atom is -0.508 e. The molecule has 1 aliphatic heterocycles. The molecular weight excluding hydrogens is 174 g/mol. The molecule has 0 spiro atoms. The molecule has 0 saturated carbocycles. The van der Waals surface area contributed by atoms with E-state index in [2.05, 4.69) is 11.4 Å². The van der Waals surface area contributed by atoms with Crippen LogP contribution >= 0.6 is 0 Å². The summed E-state index contributed by atoms with van der Waals surface area (Å²) in [7, 11) is 0. The third-order valence-corrected chi connectivity index (χ3v) is 2.95. The molecule has 0 amide bonds. The van der Waals surface area contributed by atoms with Gasteiger partial charge in [-0.1, -0.05) is 12.1 Å². The fraction of sp³-hybridized carbons (Fsp3) is 0.500. The van der Waals surface area contributed by atoms with Crippen molar-refractivity contribution < 1.29 is 5.11 Å². The maximum absolute atomic E-state index is 9.39. The Kier molecular flexibility index (Phi) is 2.73. The predicted molar refractivity (Wildman–Crippen MR) is 57.5 cm³/mol. The maximum Gasteiger partial charge on any atom is 0.118 e. The number of rotatable bonds is 2. The number of aryl methyl sites for hydroxylation is 1. The van der Waals surface area contributed by atoms with Crippen LogP contribution in [0.5, 0.6) is 5.75 Å². The number of hydrogen-bond donors (Lipinski definition) is 2. The van der Waals surface area contributed by atoms with Gasteiger partial charge in [0.25, 0.3) is 0 Å². The molecule has 1 fully saturated rings. The van der Waals surface area contributed by atoms with E-state index in [1.807, 2.05) is 13.0 Å². The number of benzene rings is 1. The van der Waals surface area contributed by atoms with E-state index in [4.69, 9.17) is 0 Å². The lowest BCUT2D eigenvalue weighted by atomic mass is 9.97. The second-order valence-corrected chi connectivity index (χ2v) is 4.18. The molecule has 2 nitrogen and oxygen atoms in total. The van der Waals surface area contributed by atoms with Gasteiger partial charge in [-0.3, -0.25) is 0 Å². The monoisotopic (exact) mass is 191 g/mol. The highest BCUT2D eigenvalue weighted by Crippen LogP contribution is 2.20. The Bertz CT molecular complexity index is 316.